The average Bonchev–Trinajstić information content (AvgIpc) is 3.11. The zero-order valence-corrected chi connectivity index (χ0v) is 14.6. The number of benzene rings is 1. The minimum atomic E-state index is -5.84. The summed E-state index contributed by atoms with van der Waals surface area (Å²) in [6.07, 6.45) is -4.57. The van der Waals surface area contributed by atoms with Gasteiger partial charge in [0.1, 0.15) is 16.9 Å². The highest BCUT2D eigenvalue weighted by molar-refractivity contribution is 6.08. The fourth-order valence-corrected chi connectivity index (χ4v) is 3.33. The van der Waals surface area contributed by atoms with Gasteiger partial charge in [-0.2, -0.15) is 27.1 Å². The van der Waals surface area contributed by atoms with Crippen LogP contribution in [0.3, 0.4) is 0 Å². The number of hydrogen-bond acceptors (Lipinski definition) is 4. The number of aromatic amines is 1. The molecule has 0 aliphatic carbocycles. The first-order valence-corrected chi connectivity index (χ1v) is 8.44. The molecule has 1 saturated heterocycles. The summed E-state index contributed by atoms with van der Waals surface area (Å²) in [5.41, 5.74) is -1.38. The lowest BCUT2D eigenvalue weighted by Gasteiger charge is -2.33. The van der Waals surface area contributed by atoms with Gasteiger partial charge in [0.15, 0.2) is 5.82 Å². The van der Waals surface area contributed by atoms with Crippen LogP contribution in [0.15, 0.2) is 18.3 Å². The third-order valence-corrected chi connectivity index (χ3v) is 4.96. The van der Waals surface area contributed by atoms with E-state index in [-0.39, 0.29) is 22.4 Å². The molecule has 150 valence electrons. The number of alkyl halides is 5. The highest BCUT2D eigenvalue weighted by Gasteiger charge is 2.59. The van der Waals surface area contributed by atoms with Crippen LogP contribution in [0.1, 0.15) is 5.56 Å². The first-order valence-electron chi connectivity index (χ1n) is 8.44. The van der Waals surface area contributed by atoms with Crippen molar-refractivity contribution < 1.29 is 26.3 Å². The zero-order chi connectivity index (χ0) is 20.3. The van der Waals surface area contributed by atoms with Gasteiger partial charge in [0.2, 0.25) is 0 Å². The molecule has 0 saturated carbocycles. The fourth-order valence-electron chi connectivity index (χ4n) is 3.33. The van der Waals surface area contributed by atoms with Gasteiger partial charge in [-0.25, -0.2) is 9.37 Å². The SMILES string of the molecule is CN1CCN(c2nc3c(F)cc(C(F)(F)C(F)(F)F)cc3c3cn[nH]c23)CC1. The van der Waals surface area contributed by atoms with Gasteiger partial charge >= 0.3 is 12.1 Å². The molecule has 28 heavy (non-hydrogen) atoms. The van der Waals surface area contributed by atoms with Gasteiger partial charge in [0.25, 0.3) is 0 Å². The number of anilines is 1. The summed E-state index contributed by atoms with van der Waals surface area (Å²) in [6, 6.07) is 0.826. The summed E-state index contributed by atoms with van der Waals surface area (Å²) in [4.78, 5) is 8.25. The molecule has 4 rings (SSSR count). The summed E-state index contributed by atoms with van der Waals surface area (Å²) >= 11 is 0. The first kappa shape index (κ1) is 18.8. The summed E-state index contributed by atoms with van der Waals surface area (Å²) in [5, 5.41) is 6.64. The van der Waals surface area contributed by atoms with E-state index in [1.54, 1.807) is 0 Å². The van der Waals surface area contributed by atoms with Gasteiger partial charge in [-0.05, 0) is 19.2 Å². The maximum absolute atomic E-state index is 14.6. The van der Waals surface area contributed by atoms with Crippen LogP contribution in [0.2, 0.25) is 0 Å². The summed E-state index contributed by atoms with van der Waals surface area (Å²) in [5.74, 6) is -6.04. The van der Waals surface area contributed by atoms with E-state index in [2.05, 4.69) is 20.1 Å². The molecule has 0 spiro atoms. The molecule has 5 nitrogen and oxygen atoms in total. The number of fused-ring (bicyclic) bond motifs is 3. The van der Waals surface area contributed by atoms with Crippen molar-refractivity contribution in [3.8, 4) is 0 Å². The second-order valence-corrected chi connectivity index (χ2v) is 6.81. The van der Waals surface area contributed by atoms with Gasteiger partial charge < -0.3 is 9.80 Å². The maximum Gasteiger partial charge on any atom is 0.458 e. The Labute approximate surface area is 154 Å². The van der Waals surface area contributed by atoms with Gasteiger partial charge in [0, 0.05) is 42.5 Å². The molecule has 0 unspecified atom stereocenters. The Morgan fingerprint density at radius 3 is 2.32 bits per heavy atom. The number of rotatable bonds is 2. The Kier molecular flexibility index (Phi) is 4.18. The summed E-state index contributed by atoms with van der Waals surface area (Å²) in [6.45, 7) is 2.70. The Bertz CT molecular complexity index is 1040. The predicted molar refractivity (Wildman–Crippen MR) is 91.0 cm³/mol. The quantitative estimate of drug-likeness (QED) is 0.664. The van der Waals surface area contributed by atoms with Crippen LogP contribution in [-0.4, -0.2) is 59.5 Å². The number of aromatic nitrogens is 3. The van der Waals surface area contributed by atoms with Gasteiger partial charge in [-0.15, -0.1) is 0 Å². The second-order valence-electron chi connectivity index (χ2n) is 6.81. The zero-order valence-electron chi connectivity index (χ0n) is 14.6. The molecule has 1 aliphatic heterocycles. The van der Waals surface area contributed by atoms with Crippen LogP contribution in [-0.2, 0) is 5.92 Å². The number of pyridine rings is 1. The molecule has 1 aromatic carbocycles. The number of piperazine rings is 1. The molecule has 3 heterocycles. The number of nitrogens with zero attached hydrogens (tertiary/aromatic N) is 4. The molecule has 1 N–H and O–H groups in total. The van der Waals surface area contributed by atoms with E-state index in [4.69, 9.17) is 0 Å². The molecule has 0 bridgehead atoms. The van der Waals surface area contributed by atoms with E-state index in [1.807, 2.05) is 11.9 Å². The van der Waals surface area contributed by atoms with Crippen molar-refractivity contribution in [3.05, 3.63) is 29.7 Å². The largest absolute Gasteiger partial charge is 0.458 e. The first-order chi connectivity index (χ1) is 13.1. The molecular weight excluding hydrogens is 388 g/mol. The minimum absolute atomic E-state index is 0.152. The predicted octanol–water partition coefficient (Wildman–Crippen LogP) is 3.66. The number of halogens is 6. The van der Waals surface area contributed by atoms with E-state index >= 15 is 0 Å². The van der Waals surface area contributed by atoms with Crippen molar-refractivity contribution in [2.75, 3.05) is 38.1 Å². The van der Waals surface area contributed by atoms with Crippen LogP contribution >= 0.6 is 0 Å². The molecule has 0 atom stereocenters. The average molecular weight is 403 g/mol. The maximum atomic E-state index is 14.6. The minimum Gasteiger partial charge on any atom is -0.352 e. The summed E-state index contributed by atoms with van der Waals surface area (Å²) < 4.78 is 80.3. The molecule has 2 aromatic heterocycles. The molecule has 11 heteroatoms. The standard InChI is InChI=1S/C17H15F6N5/c1-27-2-4-28(5-3-27)15-14-11(8-24-26-14)10-6-9(7-12(18)13(10)25-15)16(19,20)17(21,22)23/h6-8H,2-5H2,1H3,(H,24,26). The normalized spacial score (nSPS) is 17.0. The van der Waals surface area contributed by atoms with Crippen LogP contribution in [0.25, 0.3) is 21.8 Å². The number of hydrogen-bond donors (Lipinski definition) is 1. The summed E-state index contributed by atoms with van der Waals surface area (Å²) in [7, 11) is 1.96. The van der Waals surface area contributed by atoms with Crippen molar-refractivity contribution in [2.45, 2.75) is 12.1 Å². The van der Waals surface area contributed by atoms with Crippen LogP contribution in [0.5, 0.6) is 0 Å². The number of nitrogens with one attached hydrogen (secondary N) is 1. The lowest BCUT2D eigenvalue weighted by molar-refractivity contribution is -0.289. The van der Waals surface area contributed by atoms with Crippen LogP contribution < -0.4 is 4.90 Å². The third kappa shape index (κ3) is 2.84. The highest BCUT2D eigenvalue weighted by atomic mass is 19.4. The van der Waals surface area contributed by atoms with Crippen molar-refractivity contribution >= 4 is 27.6 Å². The van der Waals surface area contributed by atoms with E-state index in [0.29, 0.717) is 30.5 Å². The number of likely N-dealkylation sites (N-methyl/N-ethyl adjacent to an activating group) is 1. The van der Waals surface area contributed by atoms with Crippen molar-refractivity contribution in [2.24, 2.45) is 0 Å². The monoisotopic (exact) mass is 403 g/mol. The van der Waals surface area contributed by atoms with Crippen molar-refractivity contribution in [1.29, 1.82) is 0 Å². The van der Waals surface area contributed by atoms with Gasteiger partial charge in [-0.1, -0.05) is 0 Å². The van der Waals surface area contributed by atoms with Crippen molar-refractivity contribution in [1.82, 2.24) is 20.1 Å². The van der Waals surface area contributed by atoms with E-state index in [1.165, 1.54) is 6.20 Å². The lowest BCUT2D eigenvalue weighted by Crippen LogP contribution is -2.44. The second kappa shape index (κ2) is 6.23. The highest BCUT2D eigenvalue weighted by Crippen LogP contribution is 2.45. The Morgan fingerprint density at radius 2 is 1.68 bits per heavy atom. The Balaban J connectivity index is 1.92. The van der Waals surface area contributed by atoms with Gasteiger partial charge in [-0.3, -0.25) is 5.10 Å². The fraction of sp³-hybridized carbons (Fsp3) is 0.412. The smallest absolute Gasteiger partial charge is 0.352 e. The van der Waals surface area contributed by atoms with Crippen LogP contribution in [0.4, 0.5) is 32.2 Å². The van der Waals surface area contributed by atoms with E-state index in [9.17, 15) is 26.3 Å². The Hall–Kier alpha value is -2.56. The lowest BCUT2D eigenvalue weighted by atomic mass is 10.0. The van der Waals surface area contributed by atoms with E-state index in [0.717, 1.165) is 13.1 Å². The van der Waals surface area contributed by atoms with Gasteiger partial charge in [0.05, 0.1) is 6.20 Å². The number of H-pyrrole nitrogens is 1. The molecular formula is C17H15F6N5. The molecule has 0 amide bonds. The molecule has 0 radical (unpaired) electrons. The van der Waals surface area contributed by atoms with Crippen LogP contribution in [0, 0.1) is 5.82 Å². The van der Waals surface area contributed by atoms with E-state index < -0.39 is 23.5 Å². The van der Waals surface area contributed by atoms with Crippen molar-refractivity contribution in [3.63, 3.8) is 0 Å². The topological polar surface area (TPSA) is 48.1 Å². The molecule has 1 fully saturated rings. The third-order valence-electron chi connectivity index (χ3n) is 4.96. The molecule has 1 aliphatic rings. The Morgan fingerprint density at radius 1 is 1.00 bits per heavy atom. The molecule has 3 aromatic rings.